The number of aromatic nitrogens is 1. The molecule has 0 fully saturated rings. The fourth-order valence-corrected chi connectivity index (χ4v) is 12.0. The van der Waals surface area contributed by atoms with Crippen LogP contribution in [-0.4, -0.2) is 4.57 Å². The first kappa shape index (κ1) is 33.9. The van der Waals surface area contributed by atoms with Crippen molar-refractivity contribution in [2.45, 2.75) is 57.8 Å². The van der Waals surface area contributed by atoms with Crippen molar-refractivity contribution in [1.82, 2.24) is 4.57 Å². The van der Waals surface area contributed by atoms with Crippen LogP contribution in [0.15, 0.2) is 156 Å². The first-order valence-electron chi connectivity index (χ1n) is 20.6. The van der Waals surface area contributed by atoms with Crippen molar-refractivity contribution in [3.05, 3.63) is 190 Å². The number of para-hydroxylation sites is 1. The predicted molar refractivity (Wildman–Crippen MR) is 246 cm³/mol. The van der Waals surface area contributed by atoms with Gasteiger partial charge in [0.05, 0.1) is 16.7 Å². The number of thiophene rings is 1. The summed E-state index contributed by atoms with van der Waals surface area (Å²) in [6.07, 6.45) is 0. The van der Waals surface area contributed by atoms with Crippen molar-refractivity contribution in [1.29, 1.82) is 0 Å². The van der Waals surface area contributed by atoms with E-state index in [2.05, 4.69) is 207 Å². The normalized spacial score (nSPS) is 15.8. The van der Waals surface area contributed by atoms with E-state index in [1.807, 2.05) is 0 Å². The molecule has 12 rings (SSSR count). The average Bonchev–Trinajstić information content (AvgIpc) is 3.97. The first-order valence-corrected chi connectivity index (χ1v) is 21.5. The molecule has 2 nitrogen and oxygen atoms in total. The minimum absolute atomic E-state index is 0.0408. The summed E-state index contributed by atoms with van der Waals surface area (Å²) in [4.78, 5) is 2.47. The molecule has 9 aromatic rings. The number of nitrogens with zero attached hydrogens (tertiary/aromatic N) is 2. The van der Waals surface area contributed by atoms with Crippen molar-refractivity contribution < 1.29 is 0 Å². The van der Waals surface area contributed by atoms with Crippen LogP contribution in [0.3, 0.4) is 0 Å². The molecule has 58 heavy (non-hydrogen) atoms. The molecule has 3 heterocycles. The highest BCUT2D eigenvalue weighted by atomic mass is 32.1. The van der Waals surface area contributed by atoms with Gasteiger partial charge in [0.15, 0.2) is 0 Å². The summed E-state index contributed by atoms with van der Waals surface area (Å²) in [6, 6.07) is 55.3. The van der Waals surface area contributed by atoms with Crippen molar-refractivity contribution in [3.8, 4) is 39.1 Å². The molecule has 2 aliphatic carbocycles. The largest absolute Gasteiger partial charge is 0.310 e. The molecule has 0 radical (unpaired) electrons. The van der Waals surface area contributed by atoms with Crippen LogP contribution in [0.5, 0.6) is 0 Å². The zero-order valence-corrected chi connectivity index (χ0v) is 34.6. The quantitative estimate of drug-likeness (QED) is 0.173. The topological polar surface area (TPSA) is 8.17 Å². The lowest BCUT2D eigenvalue weighted by atomic mass is 9.76. The zero-order valence-electron chi connectivity index (χ0n) is 33.8. The third-order valence-corrected chi connectivity index (χ3v) is 14.9. The Balaban J connectivity index is 0.997. The second-order valence-corrected chi connectivity index (χ2v) is 19.0. The van der Waals surface area contributed by atoms with E-state index < -0.39 is 0 Å². The van der Waals surface area contributed by atoms with Gasteiger partial charge in [-0.15, -0.1) is 11.3 Å². The third-order valence-electron chi connectivity index (χ3n) is 14.1. The van der Waals surface area contributed by atoms with Crippen molar-refractivity contribution >= 4 is 50.2 Å². The summed E-state index contributed by atoms with van der Waals surface area (Å²) in [5.74, 6) is 0. The number of fused-ring (bicyclic) bond motifs is 11. The Kier molecular flexibility index (Phi) is 6.72. The first-order chi connectivity index (χ1) is 28.0. The van der Waals surface area contributed by atoms with E-state index in [1.54, 1.807) is 11.3 Å². The lowest BCUT2D eigenvalue weighted by Gasteiger charge is -2.32. The van der Waals surface area contributed by atoms with Crippen LogP contribution in [0.25, 0.3) is 60.9 Å². The summed E-state index contributed by atoms with van der Waals surface area (Å²) in [6.45, 7) is 14.2. The zero-order chi connectivity index (χ0) is 39.3. The lowest BCUT2D eigenvalue weighted by molar-refractivity contribution is 0.633. The molecule has 0 N–H and O–H groups in total. The van der Waals surface area contributed by atoms with Gasteiger partial charge in [-0.1, -0.05) is 139 Å². The highest BCUT2D eigenvalue weighted by Crippen LogP contribution is 2.54. The van der Waals surface area contributed by atoms with E-state index in [4.69, 9.17) is 0 Å². The maximum absolute atomic E-state index is 2.51. The molecule has 280 valence electrons. The molecule has 0 saturated heterocycles. The Morgan fingerprint density at radius 3 is 1.59 bits per heavy atom. The number of anilines is 3. The molecular weight excluding hydrogens is 721 g/mol. The van der Waals surface area contributed by atoms with Gasteiger partial charge in [-0.25, -0.2) is 0 Å². The molecule has 1 aliphatic heterocycles. The molecule has 2 aromatic heterocycles. The Morgan fingerprint density at radius 1 is 0.414 bits per heavy atom. The van der Waals surface area contributed by atoms with Crippen molar-refractivity contribution in [3.63, 3.8) is 0 Å². The van der Waals surface area contributed by atoms with Crippen molar-refractivity contribution in [2.75, 3.05) is 4.90 Å². The number of rotatable bonds is 4. The Bertz CT molecular complexity index is 3100. The molecule has 0 amide bonds. The number of hydrogen-bond acceptors (Lipinski definition) is 2. The van der Waals surface area contributed by atoms with Gasteiger partial charge >= 0.3 is 0 Å². The summed E-state index contributed by atoms with van der Waals surface area (Å²) in [5.41, 5.74) is 23.4. The Labute approximate surface area is 344 Å². The average molecular weight is 765 g/mol. The van der Waals surface area contributed by atoms with Gasteiger partial charge in [-0.3, -0.25) is 0 Å². The molecule has 0 bridgehead atoms. The number of hydrogen-bond donors (Lipinski definition) is 0. The highest BCUT2D eigenvalue weighted by molar-refractivity contribution is 7.08. The fraction of sp³-hybridized carbons (Fsp3) is 0.164. The van der Waals surface area contributed by atoms with Crippen LogP contribution < -0.4 is 4.90 Å². The van der Waals surface area contributed by atoms with Crippen LogP contribution in [-0.2, 0) is 16.2 Å². The monoisotopic (exact) mass is 764 g/mol. The third kappa shape index (κ3) is 4.38. The predicted octanol–water partition coefficient (Wildman–Crippen LogP) is 15.2. The van der Waals surface area contributed by atoms with Crippen LogP contribution in [0.4, 0.5) is 17.1 Å². The van der Waals surface area contributed by atoms with E-state index >= 15 is 0 Å². The fourth-order valence-electron chi connectivity index (χ4n) is 11.0. The standard InChI is InChI=1S/C55H44N2S/c1-53(2)44-15-9-7-12-38(44)40-25-23-36(29-47(40)53)56(37-24-26-41-39-13-8-10-16-45(39)54(3,4)48(41)30-37)35-21-18-33(19-22-35)34-20-27-50-43(28-34)42-14-11-17-46-52(42)57(50)51-32-58-31-49(51)55(46,5)6/h7-32H,1-6H3. The SMILES string of the molecule is CC1(C)c2ccccc2-c2ccc(N(c3ccc(-c4ccc5c(c4)c4cccc6c4n5-c4cscc4C6(C)C)cc3)c3ccc4c(c3)C(C)(C)c3ccccc3-4)cc21. The van der Waals surface area contributed by atoms with Gasteiger partial charge in [0.2, 0.25) is 0 Å². The van der Waals surface area contributed by atoms with Crippen molar-refractivity contribution in [2.24, 2.45) is 0 Å². The Hall–Kier alpha value is -6.16. The molecule has 0 atom stereocenters. The minimum atomic E-state index is -0.0954. The molecule has 0 spiro atoms. The van der Waals surface area contributed by atoms with Gasteiger partial charge in [-0.05, 0) is 121 Å². The van der Waals surface area contributed by atoms with Gasteiger partial charge < -0.3 is 9.47 Å². The maximum Gasteiger partial charge on any atom is 0.0610 e. The molecule has 0 unspecified atom stereocenters. The van der Waals surface area contributed by atoms with E-state index in [-0.39, 0.29) is 16.2 Å². The molecule has 3 heteroatoms. The maximum atomic E-state index is 2.51. The van der Waals surface area contributed by atoms with E-state index in [0.29, 0.717) is 0 Å². The van der Waals surface area contributed by atoms with E-state index in [9.17, 15) is 0 Å². The molecule has 7 aromatic carbocycles. The molecule has 3 aliphatic rings. The smallest absolute Gasteiger partial charge is 0.0610 e. The highest BCUT2D eigenvalue weighted by Gasteiger charge is 2.38. The van der Waals surface area contributed by atoms with Crippen LogP contribution in [0, 0.1) is 0 Å². The van der Waals surface area contributed by atoms with Crippen LogP contribution in [0.1, 0.15) is 74.9 Å². The van der Waals surface area contributed by atoms with Crippen LogP contribution in [0.2, 0.25) is 0 Å². The van der Waals surface area contributed by atoms with E-state index in [0.717, 1.165) is 5.69 Å². The van der Waals surface area contributed by atoms with Gasteiger partial charge in [0.1, 0.15) is 0 Å². The number of benzene rings is 7. The lowest BCUT2D eigenvalue weighted by Crippen LogP contribution is -2.24. The second kappa shape index (κ2) is 11.5. The minimum Gasteiger partial charge on any atom is -0.310 e. The Morgan fingerprint density at radius 2 is 0.948 bits per heavy atom. The summed E-state index contributed by atoms with van der Waals surface area (Å²) >= 11 is 1.81. The van der Waals surface area contributed by atoms with Gasteiger partial charge in [0, 0.05) is 49.5 Å². The summed E-state index contributed by atoms with van der Waals surface area (Å²) in [5, 5.41) is 7.29. The summed E-state index contributed by atoms with van der Waals surface area (Å²) < 4.78 is 2.51. The van der Waals surface area contributed by atoms with Gasteiger partial charge in [-0.2, -0.15) is 0 Å². The van der Waals surface area contributed by atoms with Crippen LogP contribution >= 0.6 is 11.3 Å². The summed E-state index contributed by atoms with van der Waals surface area (Å²) in [7, 11) is 0. The van der Waals surface area contributed by atoms with Gasteiger partial charge in [0.25, 0.3) is 0 Å². The molecule has 0 saturated carbocycles. The van der Waals surface area contributed by atoms with E-state index in [1.165, 1.54) is 106 Å². The molecular formula is C55H44N2S. The second-order valence-electron chi connectivity index (χ2n) is 18.2.